The van der Waals surface area contributed by atoms with Crippen LogP contribution in [-0.2, 0) is 17.5 Å². The van der Waals surface area contributed by atoms with Gasteiger partial charge in [-0.25, -0.2) is 8.89 Å². The summed E-state index contributed by atoms with van der Waals surface area (Å²) in [6.45, 7) is 2.66. The molecule has 0 spiro atoms. The quantitative estimate of drug-likeness (QED) is 0.710. The van der Waals surface area contributed by atoms with Crippen LogP contribution < -0.4 is 10.3 Å². The van der Waals surface area contributed by atoms with E-state index in [-0.39, 0.29) is 5.56 Å². The van der Waals surface area contributed by atoms with Gasteiger partial charge in [0, 0.05) is 48.1 Å². The SMILES string of the molecule is CCCn1cc(-n2cc(-c3ccc(NS(C)=O)cc3C#N)cn2)ccc1=O. The van der Waals surface area contributed by atoms with E-state index in [9.17, 15) is 14.3 Å². The zero-order chi connectivity index (χ0) is 19.4. The van der Waals surface area contributed by atoms with Crippen LogP contribution in [0.25, 0.3) is 16.8 Å². The van der Waals surface area contributed by atoms with Crippen LogP contribution in [0.3, 0.4) is 0 Å². The summed E-state index contributed by atoms with van der Waals surface area (Å²) in [7, 11) is -1.21. The lowest BCUT2D eigenvalue weighted by Gasteiger charge is -2.07. The Kier molecular flexibility index (Phi) is 5.52. The van der Waals surface area contributed by atoms with Crippen LogP contribution in [0.1, 0.15) is 18.9 Å². The number of benzene rings is 1. The van der Waals surface area contributed by atoms with Gasteiger partial charge in [0.15, 0.2) is 0 Å². The number of aryl methyl sites for hydroxylation is 1. The number of aromatic nitrogens is 3. The fourth-order valence-corrected chi connectivity index (χ4v) is 3.25. The molecule has 7 nitrogen and oxygen atoms in total. The Morgan fingerprint density at radius 2 is 2.07 bits per heavy atom. The number of hydrogen-bond acceptors (Lipinski definition) is 4. The first kappa shape index (κ1) is 18.6. The van der Waals surface area contributed by atoms with Crippen molar-refractivity contribution in [2.75, 3.05) is 11.0 Å². The molecule has 0 fully saturated rings. The third-order valence-electron chi connectivity index (χ3n) is 3.99. The highest BCUT2D eigenvalue weighted by atomic mass is 32.2. The molecule has 0 aliphatic rings. The van der Waals surface area contributed by atoms with Crippen LogP contribution >= 0.6 is 0 Å². The van der Waals surface area contributed by atoms with Crippen LogP contribution in [0, 0.1) is 11.3 Å². The molecule has 2 aromatic heterocycles. The number of nitrogens with zero attached hydrogens (tertiary/aromatic N) is 4. The summed E-state index contributed by atoms with van der Waals surface area (Å²) in [5, 5.41) is 13.8. The minimum Gasteiger partial charge on any atom is -0.313 e. The molecule has 138 valence electrons. The van der Waals surface area contributed by atoms with Crippen LogP contribution in [0.15, 0.2) is 53.7 Å². The van der Waals surface area contributed by atoms with Crippen molar-refractivity contribution in [3.8, 4) is 22.9 Å². The Bertz CT molecular complexity index is 1090. The van der Waals surface area contributed by atoms with Crippen molar-refractivity contribution in [3.05, 3.63) is 64.8 Å². The molecule has 1 aromatic carbocycles. The van der Waals surface area contributed by atoms with Crippen LogP contribution in [0.5, 0.6) is 0 Å². The average Bonchev–Trinajstić information content (AvgIpc) is 3.13. The molecule has 27 heavy (non-hydrogen) atoms. The van der Waals surface area contributed by atoms with Crippen molar-refractivity contribution < 1.29 is 4.21 Å². The minimum absolute atomic E-state index is 0.0452. The van der Waals surface area contributed by atoms with Gasteiger partial charge < -0.3 is 9.29 Å². The zero-order valence-electron chi connectivity index (χ0n) is 15.0. The summed E-state index contributed by atoms with van der Waals surface area (Å²) in [6, 6.07) is 10.7. The monoisotopic (exact) mass is 381 g/mol. The van der Waals surface area contributed by atoms with Gasteiger partial charge in [-0.1, -0.05) is 13.0 Å². The fraction of sp³-hybridized carbons (Fsp3) is 0.211. The molecule has 0 aliphatic carbocycles. The van der Waals surface area contributed by atoms with Crippen molar-refractivity contribution >= 4 is 16.7 Å². The summed E-state index contributed by atoms with van der Waals surface area (Å²) in [5.41, 5.74) is 3.32. The van der Waals surface area contributed by atoms with Gasteiger partial charge in [-0.15, -0.1) is 0 Å². The molecule has 3 rings (SSSR count). The predicted molar refractivity (Wildman–Crippen MR) is 106 cm³/mol. The van der Waals surface area contributed by atoms with Crippen LogP contribution in [0.4, 0.5) is 5.69 Å². The molecular weight excluding hydrogens is 362 g/mol. The first-order valence-electron chi connectivity index (χ1n) is 8.42. The van der Waals surface area contributed by atoms with E-state index in [2.05, 4.69) is 15.9 Å². The zero-order valence-corrected chi connectivity index (χ0v) is 15.9. The van der Waals surface area contributed by atoms with Gasteiger partial charge in [-0.2, -0.15) is 10.4 Å². The van der Waals surface area contributed by atoms with Gasteiger partial charge in [-0.05, 0) is 24.6 Å². The second-order valence-electron chi connectivity index (χ2n) is 6.02. The fourth-order valence-electron chi connectivity index (χ4n) is 2.79. The van der Waals surface area contributed by atoms with Crippen LogP contribution in [0.2, 0.25) is 0 Å². The summed E-state index contributed by atoms with van der Waals surface area (Å²) < 4.78 is 17.4. The number of rotatable bonds is 6. The van der Waals surface area contributed by atoms with Gasteiger partial charge in [-0.3, -0.25) is 4.79 Å². The van der Waals surface area contributed by atoms with Crippen molar-refractivity contribution in [2.45, 2.75) is 19.9 Å². The molecule has 0 amide bonds. The second-order valence-corrected chi connectivity index (χ2v) is 7.13. The molecule has 2 heterocycles. The highest BCUT2D eigenvalue weighted by Crippen LogP contribution is 2.26. The van der Waals surface area contributed by atoms with E-state index in [1.54, 1.807) is 45.9 Å². The van der Waals surface area contributed by atoms with Gasteiger partial charge >= 0.3 is 0 Å². The van der Waals surface area contributed by atoms with Crippen molar-refractivity contribution in [3.63, 3.8) is 0 Å². The average molecular weight is 381 g/mol. The van der Waals surface area contributed by atoms with Crippen molar-refractivity contribution in [2.24, 2.45) is 0 Å². The van der Waals surface area contributed by atoms with E-state index in [1.165, 1.54) is 12.3 Å². The third-order valence-corrected chi connectivity index (χ3v) is 4.52. The molecular formula is C19H19N5O2S. The molecule has 0 saturated carbocycles. The first-order valence-corrected chi connectivity index (χ1v) is 9.97. The number of anilines is 1. The van der Waals surface area contributed by atoms with E-state index in [0.29, 0.717) is 17.8 Å². The van der Waals surface area contributed by atoms with E-state index < -0.39 is 11.0 Å². The third kappa shape index (κ3) is 4.15. The molecule has 0 radical (unpaired) electrons. The lowest BCUT2D eigenvalue weighted by molar-refractivity contribution is 0.648. The van der Waals surface area contributed by atoms with Crippen molar-refractivity contribution in [1.29, 1.82) is 5.26 Å². The van der Waals surface area contributed by atoms with Gasteiger partial charge in [0.2, 0.25) is 0 Å². The maximum absolute atomic E-state index is 11.9. The lowest BCUT2D eigenvalue weighted by atomic mass is 10.0. The molecule has 0 saturated heterocycles. The molecule has 1 atom stereocenters. The highest BCUT2D eigenvalue weighted by molar-refractivity contribution is 7.85. The molecule has 0 bridgehead atoms. The Morgan fingerprint density at radius 1 is 1.26 bits per heavy atom. The number of hydrogen-bond donors (Lipinski definition) is 1. The minimum atomic E-state index is -1.21. The second kappa shape index (κ2) is 8.01. The van der Waals surface area contributed by atoms with Gasteiger partial charge in [0.1, 0.15) is 11.0 Å². The summed E-state index contributed by atoms with van der Waals surface area (Å²) >= 11 is 0. The number of nitriles is 1. The molecule has 0 aliphatic heterocycles. The van der Waals surface area contributed by atoms with Crippen LogP contribution in [-0.4, -0.2) is 24.8 Å². The van der Waals surface area contributed by atoms with Gasteiger partial charge in [0.05, 0.1) is 23.5 Å². The largest absolute Gasteiger partial charge is 0.313 e. The maximum atomic E-state index is 11.9. The smallest absolute Gasteiger partial charge is 0.250 e. The van der Waals surface area contributed by atoms with E-state index in [4.69, 9.17) is 0 Å². The molecule has 3 aromatic rings. The van der Waals surface area contributed by atoms with Crippen molar-refractivity contribution in [1.82, 2.24) is 14.3 Å². The number of pyridine rings is 1. The number of nitrogens with one attached hydrogen (secondary N) is 1. The molecule has 1 unspecified atom stereocenters. The molecule has 1 N–H and O–H groups in total. The Hall–Kier alpha value is -3.18. The van der Waals surface area contributed by atoms with E-state index in [0.717, 1.165) is 23.2 Å². The maximum Gasteiger partial charge on any atom is 0.250 e. The summed E-state index contributed by atoms with van der Waals surface area (Å²) in [4.78, 5) is 11.9. The molecule has 8 heteroatoms. The Balaban J connectivity index is 1.97. The highest BCUT2D eigenvalue weighted by Gasteiger charge is 2.10. The first-order chi connectivity index (χ1) is 13.0. The standard InChI is InChI=1S/C19H19N5O2S/c1-3-8-23-13-17(5-7-19(23)25)24-12-15(11-21-24)18-6-4-16(22-27(2)26)9-14(18)10-20/h4-7,9,11-13,22H,3,8H2,1-2H3. The topological polar surface area (TPSA) is 92.7 Å². The van der Waals surface area contributed by atoms with E-state index >= 15 is 0 Å². The summed E-state index contributed by atoms with van der Waals surface area (Å²) in [5.74, 6) is 0. The van der Waals surface area contributed by atoms with E-state index in [1.807, 2.05) is 13.1 Å². The normalized spacial score (nSPS) is 11.7. The predicted octanol–water partition coefficient (Wildman–Crippen LogP) is 2.69. The summed E-state index contributed by atoms with van der Waals surface area (Å²) in [6.07, 6.45) is 7.66. The Morgan fingerprint density at radius 3 is 2.78 bits per heavy atom. The van der Waals surface area contributed by atoms with Gasteiger partial charge in [0.25, 0.3) is 5.56 Å². The Labute approximate surface area is 159 Å². The lowest BCUT2D eigenvalue weighted by Crippen LogP contribution is -2.19.